The minimum atomic E-state index is -0.108. The lowest BCUT2D eigenvalue weighted by molar-refractivity contribution is -0.125. The number of hydrogen-bond acceptors (Lipinski definition) is 1. The second-order valence-corrected chi connectivity index (χ2v) is 5.72. The van der Waals surface area contributed by atoms with Crippen LogP contribution in [-0.2, 0) is 4.79 Å². The van der Waals surface area contributed by atoms with Gasteiger partial charge in [-0.15, -0.1) is 0 Å². The van der Waals surface area contributed by atoms with Gasteiger partial charge in [-0.05, 0) is 43.9 Å². The van der Waals surface area contributed by atoms with E-state index in [4.69, 9.17) is 23.2 Å². The summed E-state index contributed by atoms with van der Waals surface area (Å²) in [5.74, 6) is 0.182. The summed E-state index contributed by atoms with van der Waals surface area (Å²) in [5.41, 5.74) is 0.894. The first-order chi connectivity index (χ1) is 9.08. The largest absolute Gasteiger partial charge is 0.349 e. The summed E-state index contributed by atoms with van der Waals surface area (Å²) >= 11 is 12.0. The van der Waals surface area contributed by atoms with Gasteiger partial charge in [-0.3, -0.25) is 4.79 Å². The molecule has 1 N–H and O–H groups in total. The van der Waals surface area contributed by atoms with E-state index in [2.05, 4.69) is 17.5 Å². The molecule has 19 heavy (non-hydrogen) atoms. The summed E-state index contributed by atoms with van der Waals surface area (Å²) in [4.78, 5) is 12.1. The second kappa shape index (κ2) is 6.44. The van der Waals surface area contributed by atoms with Gasteiger partial charge < -0.3 is 5.32 Å². The third kappa shape index (κ3) is 3.74. The Morgan fingerprint density at radius 3 is 2.79 bits per heavy atom. The second-order valence-electron chi connectivity index (χ2n) is 4.88. The lowest BCUT2D eigenvalue weighted by Crippen LogP contribution is -2.33. The molecule has 2 nitrogen and oxygen atoms in total. The highest BCUT2D eigenvalue weighted by Gasteiger charge is 2.21. The van der Waals surface area contributed by atoms with Crippen LogP contribution >= 0.6 is 23.2 Å². The smallest absolute Gasteiger partial charge is 0.223 e. The van der Waals surface area contributed by atoms with Crippen LogP contribution in [0.15, 0.2) is 30.4 Å². The molecule has 0 fully saturated rings. The summed E-state index contributed by atoms with van der Waals surface area (Å²) in [7, 11) is 0. The first-order valence-corrected chi connectivity index (χ1v) is 7.24. The highest BCUT2D eigenvalue weighted by molar-refractivity contribution is 6.35. The van der Waals surface area contributed by atoms with Gasteiger partial charge in [0.05, 0.1) is 6.04 Å². The number of hydrogen-bond donors (Lipinski definition) is 1. The maximum atomic E-state index is 12.1. The Kier molecular flexibility index (Phi) is 4.89. The average molecular weight is 298 g/mol. The lowest BCUT2D eigenvalue weighted by Gasteiger charge is -2.21. The maximum Gasteiger partial charge on any atom is 0.223 e. The molecular formula is C15H17Cl2NO. The Hall–Kier alpha value is -0.990. The number of benzene rings is 1. The van der Waals surface area contributed by atoms with Gasteiger partial charge in [0.15, 0.2) is 0 Å². The van der Waals surface area contributed by atoms with Gasteiger partial charge in [0.1, 0.15) is 0 Å². The molecule has 0 radical (unpaired) electrons. The van der Waals surface area contributed by atoms with Gasteiger partial charge in [0.2, 0.25) is 5.91 Å². The molecule has 0 saturated heterocycles. The van der Waals surface area contributed by atoms with E-state index in [1.165, 1.54) is 0 Å². The molecule has 2 unspecified atom stereocenters. The fourth-order valence-corrected chi connectivity index (χ4v) is 2.87. The molecule has 1 aliphatic rings. The Morgan fingerprint density at radius 2 is 2.16 bits per heavy atom. The predicted octanol–water partition coefficient (Wildman–Crippen LogP) is 4.53. The molecule has 0 aliphatic heterocycles. The van der Waals surface area contributed by atoms with Gasteiger partial charge in [-0.1, -0.05) is 41.4 Å². The van der Waals surface area contributed by atoms with Crippen molar-refractivity contribution >= 4 is 29.1 Å². The van der Waals surface area contributed by atoms with Crippen molar-refractivity contribution in [1.29, 1.82) is 0 Å². The molecule has 1 aromatic rings. The molecule has 0 heterocycles. The summed E-state index contributed by atoms with van der Waals surface area (Å²) in [6.45, 7) is 1.94. The SMILES string of the molecule is CC(NC(=O)C1CC=CCC1)c1ccc(Cl)cc1Cl. The minimum Gasteiger partial charge on any atom is -0.349 e. The van der Waals surface area contributed by atoms with Crippen LogP contribution in [0.5, 0.6) is 0 Å². The highest BCUT2D eigenvalue weighted by atomic mass is 35.5. The number of rotatable bonds is 3. The quantitative estimate of drug-likeness (QED) is 0.816. The van der Waals surface area contributed by atoms with Gasteiger partial charge in [0, 0.05) is 16.0 Å². The molecule has 0 aromatic heterocycles. The summed E-state index contributed by atoms with van der Waals surface area (Å²) in [5, 5.41) is 4.21. The van der Waals surface area contributed by atoms with Crippen LogP contribution in [0.1, 0.15) is 37.8 Å². The molecule has 0 bridgehead atoms. The molecule has 0 spiro atoms. The van der Waals surface area contributed by atoms with Gasteiger partial charge in [-0.2, -0.15) is 0 Å². The molecule has 102 valence electrons. The topological polar surface area (TPSA) is 29.1 Å². The van der Waals surface area contributed by atoms with Crippen LogP contribution in [0.3, 0.4) is 0 Å². The van der Waals surface area contributed by atoms with Crippen molar-refractivity contribution in [2.75, 3.05) is 0 Å². The number of allylic oxidation sites excluding steroid dienone is 2. The van der Waals surface area contributed by atoms with E-state index in [9.17, 15) is 4.79 Å². The Morgan fingerprint density at radius 1 is 1.37 bits per heavy atom. The Labute approximate surface area is 123 Å². The maximum absolute atomic E-state index is 12.1. The predicted molar refractivity (Wildman–Crippen MR) is 79.5 cm³/mol. The van der Waals surface area contributed by atoms with Gasteiger partial charge in [-0.25, -0.2) is 0 Å². The van der Waals surface area contributed by atoms with E-state index >= 15 is 0 Å². The number of carbonyl (C=O) groups excluding carboxylic acids is 1. The molecule has 0 saturated carbocycles. The van der Waals surface area contributed by atoms with Crippen molar-refractivity contribution in [1.82, 2.24) is 5.32 Å². The summed E-state index contributed by atoms with van der Waals surface area (Å²) in [6, 6.07) is 5.23. The van der Waals surface area contributed by atoms with Crippen molar-refractivity contribution < 1.29 is 4.79 Å². The fourth-order valence-electron chi connectivity index (χ4n) is 2.29. The zero-order chi connectivity index (χ0) is 13.8. The number of nitrogens with one attached hydrogen (secondary N) is 1. The van der Waals surface area contributed by atoms with Crippen LogP contribution in [-0.4, -0.2) is 5.91 Å². The normalized spacial score (nSPS) is 20.1. The molecule has 1 aromatic carbocycles. The number of amides is 1. The van der Waals surface area contributed by atoms with Gasteiger partial charge >= 0.3 is 0 Å². The highest BCUT2D eigenvalue weighted by Crippen LogP contribution is 2.27. The molecular weight excluding hydrogens is 281 g/mol. The van der Waals surface area contributed by atoms with Crippen molar-refractivity contribution in [3.05, 3.63) is 46.0 Å². The Balaban J connectivity index is 2.02. The minimum absolute atomic E-state index is 0.0820. The molecule has 1 aliphatic carbocycles. The fraction of sp³-hybridized carbons (Fsp3) is 0.400. The van der Waals surface area contributed by atoms with Gasteiger partial charge in [0.25, 0.3) is 0 Å². The van der Waals surface area contributed by atoms with E-state index < -0.39 is 0 Å². The number of carbonyl (C=O) groups is 1. The summed E-state index contributed by atoms with van der Waals surface area (Å²) in [6.07, 6.45) is 6.93. The van der Waals surface area contributed by atoms with E-state index in [1.807, 2.05) is 13.0 Å². The van der Waals surface area contributed by atoms with Crippen LogP contribution in [0, 0.1) is 5.92 Å². The first-order valence-electron chi connectivity index (χ1n) is 6.48. The van der Waals surface area contributed by atoms with Crippen molar-refractivity contribution in [3.8, 4) is 0 Å². The first kappa shape index (κ1) is 14.4. The lowest BCUT2D eigenvalue weighted by atomic mass is 9.93. The van der Waals surface area contributed by atoms with E-state index in [-0.39, 0.29) is 17.9 Å². The molecule has 2 rings (SSSR count). The molecule has 4 heteroatoms. The number of halogens is 2. The van der Waals surface area contributed by atoms with Crippen molar-refractivity contribution in [2.45, 2.75) is 32.2 Å². The van der Waals surface area contributed by atoms with Crippen LogP contribution < -0.4 is 5.32 Å². The standard InChI is InChI=1S/C15H17Cl2NO/c1-10(13-8-7-12(16)9-14(13)17)18-15(19)11-5-3-2-4-6-11/h2-3,7-11H,4-6H2,1H3,(H,18,19). The van der Waals surface area contributed by atoms with Crippen LogP contribution in [0.4, 0.5) is 0 Å². The van der Waals surface area contributed by atoms with E-state index in [0.717, 1.165) is 24.8 Å². The monoisotopic (exact) mass is 297 g/mol. The molecule has 1 amide bonds. The zero-order valence-electron chi connectivity index (χ0n) is 10.8. The average Bonchev–Trinajstić information content (AvgIpc) is 2.39. The third-order valence-corrected chi connectivity index (χ3v) is 3.99. The third-order valence-electron chi connectivity index (χ3n) is 3.43. The zero-order valence-corrected chi connectivity index (χ0v) is 12.3. The van der Waals surface area contributed by atoms with E-state index in [0.29, 0.717) is 10.0 Å². The molecule has 2 atom stereocenters. The van der Waals surface area contributed by atoms with Crippen LogP contribution in [0.2, 0.25) is 10.0 Å². The van der Waals surface area contributed by atoms with Crippen LogP contribution in [0.25, 0.3) is 0 Å². The summed E-state index contributed by atoms with van der Waals surface area (Å²) < 4.78 is 0. The van der Waals surface area contributed by atoms with Crippen molar-refractivity contribution in [3.63, 3.8) is 0 Å². The van der Waals surface area contributed by atoms with E-state index in [1.54, 1.807) is 12.1 Å². The Bertz CT molecular complexity index is 499. The van der Waals surface area contributed by atoms with Crippen molar-refractivity contribution in [2.24, 2.45) is 5.92 Å².